The van der Waals surface area contributed by atoms with Crippen LogP contribution < -0.4 is 16.0 Å². The van der Waals surface area contributed by atoms with Crippen LogP contribution in [0.4, 0.5) is 0 Å². The third-order valence-electron chi connectivity index (χ3n) is 4.62. The number of ether oxygens (including phenoxy) is 2. The summed E-state index contributed by atoms with van der Waals surface area (Å²) in [6.07, 6.45) is 4.60. The monoisotopic (exact) mass is 502 g/mol. The van der Waals surface area contributed by atoms with E-state index < -0.39 is 11.8 Å². The third-order valence-corrected chi connectivity index (χ3v) is 5.65. The number of hydrogen-bond acceptors (Lipinski definition) is 9. The number of rotatable bonds is 19. The van der Waals surface area contributed by atoms with E-state index in [1.165, 1.54) is 12.2 Å². The minimum atomic E-state index is -0.413. The molecule has 0 aromatic heterocycles. The van der Waals surface area contributed by atoms with Crippen LogP contribution in [0.3, 0.4) is 0 Å². The van der Waals surface area contributed by atoms with Crippen molar-refractivity contribution >= 4 is 48.3 Å². The summed E-state index contributed by atoms with van der Waals surface area (Å²) < 4.78 is 10.5. The fraction of sp³-hybridized carbons (Fsp3) is 0.650. The largest absolute Gasteiger partial charge is 0.377 e. The Hall–Kier alpha value is -2.11. The Morgan fingerprint density at radius 3 is 2.33 bits per heavy atom. The molecule has 33 heavy (non-hydrogen) atoms. The Labute approximate surface area is 199 Å². The Bertz CT molecular complexity index is 717. The van der Waals surface area contributed by atoms with Crippen molar-refractivity contribution < 1.29 is 33.4 Å². The predicted octanol–water partition coefficient (Wildman–Crippen LogP) is -0.740. The Balaban J connectivity index is 1.91. The van der Waals surface area contributed by atoms with Gasteiger partial charge in [0.15, 0.2) is 0 Å². The van der Waals surface area contributed by atoms with Gasteiger partial charge in [0.1, 0.15) is 6.61 Å². The summed E-state index contributed by atoms with van der Waals surface area (Å²) in [5, 5.41) is 8.32. The van der Waals surface area contributed by atoms with Crippen molar-refractivity contribution in [2.45, 2.75) is 31.7 Å². The van der Waals surface area contributed by atoms with Crippen molar-refractivity contribution in [2.75, 3.05) is 53.1 Å². The van der Waals surface area contributed by atoms with Crippen molar-refractivity contribution in [1.82, 2.24) is 20.9 Å². The molecule has 13 heteroatoms. The minimum absolute atomic E-state index is 0.0137. The van der Waals surface area contributed by atoms with Gasteiger partial charge in [0, 0.05) is 38.2 Å². The van der Waals surface area contributed by atoms with E-state index in [1.54, 1.807) is 7.05 Å². The first kappa shape index (κ1) is 28.9. The van der Waals surface area contributed by atoms with Crippen LogP contribution in [0.5, 0.6) is 0 Å². The molecule has 0 aromatic carbocycles. The van der Waals surface area contributed by atoms with Gasteiger partial charge in [-0.25, -0.2) is 0 Å². The van der Waals surface area contributed by atoms with Gasteiger partial charge in [0.2, 0.25) is 17.3 Å². The second-order valence-electron chi connectivity index (χ2n) is 7.04. The maximum Gasteiger partial charge on any atom is 0.253 e. The van der Waals surface area contributed by atoms with Crippen LogP contribution in [-0.2, 0) is 45.3 Å². The Morgan fingerprint density at radius 1 is 1.00 bits per heavy atom. The number of nitrogens with zero attached hydrogens (tertiary/aromatic N) is 1. The molecule has 184 valence electrons. The highest BCUT2D eigenvalue weighted by atomic mass is 32.4. The first-order valence-electron chi connectivity index (χ1n) is 10.7. The Kier molecular flexibility index (Phi) is 15.2. The summed E-state index contributed by atoms with van der Waals surface area (Å²) >= 11 is 4.74. The maximum absolute atomic E-state index is 11.7. The molecule has 0 aromatic rings. The number of carbonyl (C=O) groups excluding carboxylic acids is 5. The van der Waals surface area contributed by atoms with E-state index in [0.29, 0.717) is 20.3 Å². The lowest BCUT2D eigenvalue weighted by molar-refractivity contribution is -0.137. The number of nitrogens with one attached hydrogen (secondary N) is 3. The number of carbonyl (C=O) groups is 5. The highest BCUT2D eigenvalue weighted by molar-refractivity contribution is 8.03. The highest BCUT2D eigenvalue weighted by Crippen LogP contribution is 2.08. The molecule has 11 nitrogen and oxygen atoms in total. The fourth-order valence-electron chi connectivity index (χ4n) is 2.81. The van der Waals surface area contributed by atoms with Crippen molar-refractivity contribution in [1.29, 1.82) is 0 Å². The molecule has 0 aliphatic carbocycles. The maximum atomic E-state index is 11.7. The molecule has 3 N–H and O–H groups in total. The number of unbranched alkanes of at least 4 members (excludes halogenated alkanes) is 1. The summed E-state index contributed by atoms with van der Waals surface area (Å²) in [7, 11) is 2.06. The molecule has 1 aliphatic heterocycles. The zero-order valence-corrected chi connectivity index (χ0v) is 20.4. The topological polar surface area (TPSA) is 143 Å². The van der Waals surface area contributed by atoms with Crippen LogP contribution in [0.2, 0.25) is 0 Å². The molecule has 1 aliphatic rings. The molecule has 0 radical (unpaired) electrons. The number of imide groups is 1. The van der Waals surface area contributed by atoms with Crippen LogP contribution in [0.15, 0.2) is 12.2 Å². The van der Waals surface area contributed by atoms with Crippen LogP contribution in [-0.4, -0.2) is 93.2 Å². The van der Waals surface area contributed by atoms with Crippen LogP contribution in [0, 0.1) is 0 Å². The molecular formula is C20H31N4O7PS. The zero-order chi connectivity index (χ0) is 24.5. The van der Waals surface area contributed by atoms with E-state index in [0.717, 1.165) is 17.7 Å². The molecule has 0 saturated heterocycles. The second-order valence-corrected chi connectivity index (χ2v) is 8.21. The van der Waals surface area contributed by atoms with Crippen LogP contribution >= 0.6 is 7.36 Å². The van der Waals surface area contributed by atoms with Crippen molar-refractivity contribution in [3.8, 4) is 0 Å². The average Bonchev–Trinajstić information content (AvgIpc) is 3.13. The van der Waals surface area contributed by atoms with Crippen molar-refractivity contribution in [3.63, 3.8) is 0 Å². The fourth-order valence-corrected chi connectivity index (χ4v) is 3.58. The zero-order valence-electron chi connectivity index (χ0n) is 18.7. The van der Waals surface area contributed by atoms with Gasteiger partial charge in [-0.1, -0.05) is 0 Å². The molecule has 1 atom stereocenters. The summed E-state index contributed by atoms with van der Waals surface area (Å²) in [4.78, 5) is 58.7. The lowest BCUT2D eigenvalue weighted by Crippen LogP contribution is -2.35. The summed E-state index contributed by atoms with van der Waals surface area (Å²) in [6.45, 7) is 1.53. The lowest BCUT2D eigenvalue weighted by Gasteiger charge is -2.13. The van der Waals surface area contributed by atoms with Crippen molar-refractivity contribution in [2.24, 2.45) is 0 Å². The molecule has 0 bridgehead atoms. The summed E-state index contributed by atoms with van der Waals surface area (Å²) in [5.41, 5.74) is -0.0137. The van der Waals surface area contributed by atoms with Gasteiger partial charge in [-0.3, -0.25) is 28.9 Å². The van der Waals surface area contributed by atoms with Crippen LogP contribution in [0.1, 0.15) is 25.7 Å². The first-order chi connectivity index (χ1) is 15.9. The van der Waals surface area contributed by atoms with E-state index in [1.807, 2.05) is 0 Å². The third kappa shape index (κ3) is 12.6. The quantitative estimate of drug-likeness (QED) is 0.118. The van der Waals surface area contributed by atoms with Gasteiger partial charge in [-0.2, -0.15) is 0 Å². The van der Waals surface area contributed by atoms with Gasteiger partial charge in [-0.15, -0.1) is 0 Å². The highest BCUT2D eigenvalue weighted by Gasteiger charge is 2.23. The van der Waals surface area contributed by atoms with Crippen molar-refractivity contribution in [3.05, 3.63) is 12.2 Å². The van der Waals surface area contributed by atoms with Crippen LogP contribution in [0.25, 0.3) is 0 Å². The first-order valence-corrected chi connectivity index (χ1v) is 12.6. The molecule has 0 saturated carbocycles. The molecule has 1 rings (SSSR count). The van der Waals surface area contributed by atoms with Gasteiger partial charge in [0.25, 0.3) is 11.8 Å². The van der Waals surface area contributed by atoms with Gasteiger partial charge in [-0.05, 0) is 38.1 Å². The Morgan fingerprint density at radius 2 is 1.67 bits per heavy atom. The lowest BCUT2D eigenvalue weighted by atomic mass is 10.1. The van der Waals surface area contributed by atoms with E-state index in [9.17, 15) is 24.0 Å². The second kappa shape index (κ2) is 17.4. The van der Waals surface area contributed by atoms with Gasteiger partial charge >= 0.3 is 0 Å². The number of amides is 4. The minimum Gasteiger partial charge on any atom is -0.377 e. The predicted molar refractivity (Wildman–Crippen MR) is 124 cm³/mol. The molecule has 0 unspecified atom stereocenters. The molecule has 1 heterocycles. The van der Waals surface area contributed by atoms with E-state index in [-0.39, 0.29) is 69.3 Å². The SMILES string of the molecule is CN[C@@H](CCCCNC(=O)COCCOCCNC(=O)CCN1C(=O)C=CC1=O)C(=O)P=S. The van der Waals surface area contributed by atoms with E-state index in [4.69, 9.17) is 21.3 Å². The van der Waals surface area contributed by atoms with Gasteiger partial charge < -0.3 is 25.4 Å². The smallest absolute Gasteiger partial charge is 0.253 e. The average molecular weight is 503 g/mol. The molecule has 0 spiro atoms. The summed E-state index contributed by atoms with van der Waals surface area (Å²) in [5.74, 6) is -1.34. The summed E-state index contributed by atoms with van der Waals surface area (Å²) in [6, 6.07) is -0.236. The van der Waals surface area contributed by atoms with E-state index >= 15 is 0 Å². The molecule has 4 amide bonds. The standard InChI is InChI=1S/C20H31N4O7PS/c1-21-15(20(29)32-33)4-2-3-8-22-17(26)14-31-13-12-30-11-9-23-16(25)7-10-24-18(27)5-6-19(24)28/h5-6,15,21H,2-4,7-14H2,1H3,(H,22,26)(H,23,25)/t15-/m0/s1. The number of hydrogen-bond donors (Lipinski definition) is 3. The van der Waals surface area contributed by atoms with E-state index in [2.05, 4.69) is 16.0 Å². The number of likely N-dealkylation sites (N-methyl/N-ethyl adjacent to an activating group) is 1. The normalized spacial score (nSPS) is 14.0. The van der Waals surface area contributed by atoms with Gasteiger partial charge in [0.05, 0.1) is 33.2 Å². The molecular weight excluding hydrogens is 471 g/mol. The molecule has 0 fully saturated rings.